The van der Waals surface area contributed by atoms with Gasteiger partial charge in [-0.2, -0.15) is 0 Å². The summed E-state index contributed by atoms with van der Waals surface area (Å²) in [5.41, 5.74) is 2.34. The quantitative estimate of drug-likeness (QED) is 0.832. The molecule has 1 saturated carbocycles. The number of aromatic nitrogens is 1. The normalized spacial score (nSPS) is 20.4. The average molecular weight is 312 g/mol. The highest BCUT2D eigenvalue weighted by atomic mass is 19.1. The first-order chi connectivity index (χ1) is 10.3. The van der Waals surface area contributed by atoms with Crippen molar-refractivity contribution in [2.24, 2.45) is 0 Å². The zero-order valence-electron chi connectivity index (χ0n) is 11.4. The summed E-state index contributed by atoms with van der Waals surface area (Å²) >= 11 is 0. The molecule has 116 valence electrons. The molecule has 1 aliphatic rings. The number of carboxylic acids is 1. The Bertz CT molecular complexity index is 892. The molecule has 3 N–H and O–H groups in total. The second-order valence-corrected chi connectivity index (χ2v) is 5.29. The van der Waals surface area contributed by atoms with Gasteiger partial charge in [0.2, 0.25) is 5.43 Å². The van der Waals surface area contributed by atoms with E-state index in [1.54, 1.807) is 0 Å². The van der Waals surface area contributed by atoms with Crippen LogP contribution in [0.4, 0.5) is 18.9 Å². The van der Waals surface area contributed by atoms with E-state index in [1.807, 2.05) is 0 Å². The second-order valence-electron chi connectivity index (χ2n) is 5.29. The number of anilines is 1. The number of aromatic carboxylic acids is 1. The van der Waals surface area contributed by atoms with E-state index in [0.717, 1.165) is 17.7 Å². The van der Waals surface area contributed by atoms with Gasteiger partial charge in [-0.1, -0.05) is 0 Å². The van der Waals surface area contributed by atoms with Gasteiger partial charge in [-0.3, -0.25) is 4.79 Å². The van der Waals surface area contributed by atoms with Crippen LogP contribution in [0, 0.1) is 18.6 Å². The van der Waals surface area contributed by atoms with E-state index in [1.165, 1.54) is 0 Å². The number of carbonyl (C=O) groups is 1. The summed E-state index contributed by atoms with van der Waals surface area (Å²) in [4.78, 5) is 23.3. The molecular formula is C14H11F3N2O3. The molecule has 2 atom stereocenters. The van der Waals surface area contributed by atoms with Crippen LogP contribution in [-0.4, -0.2) is 21.8 Å². The van der Waals surface area contributed by atoms with Crippen molar-refractivity contribution in [3.8, 4) is 0 Å². The molecule has 1 heterocycles. The van der Waals surface area contributed by atoms with Crippen molar-refractivity contribution < 1.29 is 23.1 Å². The number of fused-ring (bicyclic) bond motifs is 1. The number of pyridine rings is 1. The fraction of sp³-hybridized carbons (Fsp3) is 0.286. The van der Waals surface area contributed by atoms with Gasteiger partial charge in [0.1, 0.15) is 11.7 Å². The van der Waals surface area contributed by atoms with Gasteiger partial charge in [-0.15, -0.1) is 0 Å². The van der Waals surface area contributed by atoms with Gasteiger partial charge in [0.05, 0.1) is 22.6 Å². The van der Waals surface area contributed by atoms with E-state index in [4.69, 9.17) is 10.8 Å². The molecule has 3 rings (SSSR count). The Balaban J connectivity index is 2.56. The fourth-order valence-electron chi connectivity index (χ4n) is 2.55. The minimum Gasteiger partial charge on any atom is -0.477 e. The summed E-state index contributed by atoms with van der Waals surface area (Å²) < 4.78 is 42.7. The summed E-state index contributed by atoms with van der Waals surface area (Å²) in [7, 11) is 0. The van der Waals surface area contributed by atoms with Crippen LogP contribution in [0.25, 0.3) is 10.9 Å². The maximum Gasteiger partial charge on any atom is 0.341 e. The standard InChI is InChI=1S/C14H11F3N2O3/c1-4-9(16)11(18)8-12(10(4)17)19(7-2-6(7)15)3-5(13(8)20)14(21)22/h3,6-7H,2,18H2,1H3,(H,21,22)/t6-,7+/m0/s1. The van der Waals surface area contributed by atoms with Gasteiger partial charge in [-0.05, 0) is 6.92 Å². The predicted molar refractivity (Wildman–Crippen MR) is 72.8 cm³/mol. The molecule has 1 aromatic carbocycles. The third-order valence-corrected chi connectivity index (χ3v) is 3.88. The Morgan fingerprint density at radius 2 is 2.00 bits per heavy atom. The molecule has 1 aromatic heterocycles. The third kappa shape index (κ3) is 1.79. The maximum atomic E-state index is 14.4. The Kier molecular flexibility index (Phi) is 2.95. The van der Waals surface area contributed by atoms with Crippen LogP contribution in [0.2, 0.25) is 0 Å². The van der Waals surface area contributed by atoms with Gasteiger partial charge >= 0.3 is 5.97 Å². The highest BCUT2D eigenvalue weighted by Gasteiger charge is 2.41. The van der Waals surface area contributed by atoms with Crippen molar-refractivity contribution in [1.29, 1.82) is 0 Å². The predicted octanol–water partition coefficient (Wildman–Crippen LogP) is 2.15. The number of hydrogen-bond donors (Lipinski definition) is 2. The number of nitrogens with two attached hydrogens (primary N) is 1. The molecule has 0 unspecified atom stereocenters. The number of nitrogens with zero attached hydrogens (tertiary/aromatic N) is 1. The maximum absolute atomic E-state index is 14.4. The summed E-state index contributed by atoms with van der Waals surface area (Å²) in [6.45, 7) is 1.14. The van der Waals surface area contributed by atoms with Crippen molar-refractivity contribution in [2.45, 2.75) is 25.6 Å². The molecule has 0 aliphatic heterocycles. The first-order valence-corrected chi connectivity index (χ1v) is 6.45. The highest BCUT2D eigenvalue weighted by molar-refractivity contribution is 5.98. The summed E-state index contributed by atoms with van der Waals surface area (Å²) in [5.74, 6) is -3.74. The van der Waals surface area contributed by atoms with Gasteiger partial charge in [0, 0.05) is 18.2 Å². The van der Waals surface area contributed by atoms with Crippen molar-refractivity contribution in [3.05, 3.63) is 39.2 Å². The molecule has 0 amide bonds. The van der Waals surface area contributed by atoms with Gasteiger partial charge < -0.3 is 15.4 Å². The lowest BCUT2D eigenvalue weighted by Gasteiger charge is -2.15. The van der Waals surface area contributed by atoms with Crippen LogP contribution in [0.3, 0.4) is 0 Å². The van der Waals surface area contributed by atoms with Crippen molar-refractivity contribution in [3.63, 3.8) is 0 Å². The van der Waals surface area contributed by atoms with E-state index in [9.17, 15) is 22.8 Å². The number of carboxylic acid groups (broad SMARTS) is 1. The minimum atomic E-state index is -1.57. The third-order valence-electron chi connectivity index (χ3n) is 3.88. The number of alkyl halides is 1. The van der Waals surface area contributed by atoms with Crippen LogP contribution in [0.5, 0.6) is 0 Å². The molecular weight excluding hydrogens is 301 g/mol. The highest BCUT2D eigenvalue weighted by Crippen LogP contribution is 2.42. The van der Waals surface area contributed by atoms with Gasteiger partial charge in [0.25, 0.3) is 0 Å². The topological polar surface area (TPSA) is 85.3 Å². The summed E-state index contributed by atoms with van der Waals surface area (Å²) in [6, 6.07) is -0.792. The molecule has 1 aliphatic carbocycles. The van der Waals surface area contributed by atoms with E-state index >= 15 is 0 Å². The zero-order chi connectivity index (χ0) is 16.3. The van der Waals surface area contributed by atoms with Crippen molar-refractivity contribution in [1.82, 2.24) is 4.57 Å². The fourth-order valence-corrected chi connectivity index (χ4v) is 2.55. The number of benzene rings is 1. The Morgan fingerprint density at radius 3 is 2.50 bits per heavy atom. The number of hydrogen-bond acceptors (Lipinski definition) is 3. The molecule has 0 spiro atoms. The molecule has 0 bridgehead atoms. The lowest BCUT2D eigenvalue weighted by atomic mass is 10.0. The van der Waals surface area contributed by atoms with Crippen LogP contribution in [0.15, 0.2) is 11.0 Å². The smallest absolute Gasteiger partial charge is 0.341 e. The van der Waals surface area contributed by atoms with Gasteiger partial charge in [0.15, 0.2) is 11.6 Å². The molecule has 2 aromatic rings. The molecule has 1 fully saturated rings. The molecule has 8 heteroatoms. The van der Waals surface area contributed by atoms with E-state index in [0.29, 0.717) is 0 Å². The molecule has 22 heavy (non-hydrogen) atoms. The summed E-state index contributed by atoms with van der Waals surface area (Å²) in [5, 5.41) is 8.50. The first-order valence-electron chi connectivity index (χ1n) is 6.45. The SMILES string of the molecule is Cc1c(F)c(N)c2c(=O)c(C(=O)O)cn([C@@H]3C[C@@H]3F)c2c1F. The minimum absolute atomic E-state index is 0.0623. The largest absolute Gasteiger partial charge is 0.477 e. The zero-order valence-corrected chi connectivity index (χ0v) is 11.4. The van der Waals surface area contributed by atoms with Crippen molar-refractivity contribution >= 4 is 22.6 Å². The average Bonchev–Trinajstić information content (AvgIpc) is 3.18. The van der Waals surface area contributed by atoms with E-state index in [-0.39, 0.29) is 11.9 Å². The summed E-state index contributed by atoms with van der Waals surface area (Å²) in [6.07, 6.45) is -0.331. The van der Waals surface area contributed by atoms with E-state index in [2.05, 4.69) is 0 Å². The molecule has 0 saturated heterocycles. The van der Waals surface area contributed by atoms with Crippen molar-refractivity contribution in [2.75, 3.05) is 5.73 Å². The van der Waals surface area contributed by atoms with Crippen LogP contribution < -0.4 is 11.2 Å². The number of rotatable bonds is 2. The molecule has 0 radical (unpaired) electrons. The Hall–Kier alpha value is -2.51. The monoisotopic (exact) mass is 312 g/mol. The van der Waals surface area contributed by atoms with Crippen LogP contribution >= 0.6 is 0 Å². The van der Waals surface area contributed by atoms with E-state index < -0.39 is 57.4 Å². The Morgan fingerprint density at radius 1 is 1.41 bits per heavy atom. The Labute approximate surface area is 121 Å². The lowest BCUT2D eigenvalue weighted by Crippen LogP contribution is -2.22. The number of halogens is 3. The second kappa shape index (κ2) is 4.49. The number of nitrogen functional groups attached to an aromatic ring is 1. The van der Waals surface area contributed by atoms with Crippen LogP contribution in [0.1, 0.15) is 28.4 Å². The molecule has 5 nitrogen and oxygen atoms in total. The first kappa shape index (κ1) is 14.4. The van der Waals surface area contributed by atoms with Crippen LogP contribution in [-0.2, 0) is 0 Å². The lowest BCUT2D eigenvalue weighted by molar-refractivity contribution is 0.0694. The van der Waals surface area contributed by atoms with Gasteiger partial charge in [-0.25, -0.2) is 18.0 Å².